The van der Waals surface area contributed by atoms with Gasteiger partial charge in [0.15, 0.2) is 5.60 Å². The molecule has 3 heterocycles. The van der Waals surface area contributed by atoms with Crippen LogP contribution in [0.25, 0.3) is 83.2 Å². The highest BCUT2D eigenvalue weighted by Crippen LogP contribution is 2.56. The van der Waals surface area contributed by atoms with Gasteiger partial charge in [-0.2, -0.15) is 0 Å². The van der Waals surface area contributed by atoms with E-state index in [1.165, 1.54) is 88.2 Å². The molecule has 2 unspecified atom stereocenters. The third-order valence-corrected chi connectivity index (χ3v) is 12.3. The van der Waals surface area contributed by atoms with Crippen molar-refractivity contribution in [2.24, 2.45) is 0 Å². The van der Waals surface area contributed by atoms with Crippen LogP contribution >= 0.6 is 0 Å². The summed E-state index contributed by atoms with van der Waals surface area (Å²) in [4.78, 5) is 0. The Balaban J connectivity index is 1.07. The molecule has 10 aromatic rings. The number of hydrogen-bond donors (Lipinski definition) is 0. The Morgan fingerprint density at radius 2 is 1.12 bits per heavy atom. The van der Waals surface area contributed by atoms with Crippen molar-refractivity contribution in [3.05, 3.63) is 205 Å². The van der Waals surface area contributed by atoms with Crippen LogP contribution in [0, 0.1) is 0 Å². The first-order valence-electron chi connectivity index (χ1n) is 19.5. The average molecular weight is 717 g/mol. The maximum absolute atomic E-state index is 7.03. The topological polar surface area (TPSA) is 19.1 Å². The van der Waals surface area contributed by atoms with E-state index in [0.717, 1.165) is 11.4 Å². The molecule has 3 heteroatoms. The zero-order valence-electron chi connectivity index (χ0n) is 30.9. The molecule has 1 aliphatic heterocycles. The van der Waals surface area contributed by atoms with Gasteiger partial charge in [0.1, 0.15) is 5.75 Å². The lowest BCUT2D eigenvalue weighted by molar-refractivity contribution is 0.0931. The predicted octanol–water partition coefficient (Wildman–Crippen LogP) is 13.6. The van der Waals surface area contributed by atoms with E-state index in [2.05, 4.69) is 210 Å². The Kier molecular flexibility index (Phi) is 6.53. The molecule has 0 N–H and O–H groups in total. The van der Waals surface area contributed by atoms with Crippen LogP contribution in [0.1, 0.15) is 29.7 Å². The van der Waals surface area contributed by atoms with Gasteiger partial charge >= 0.3 is 0 Å². The summed E-state index contributed by atoms with van der Waals surface area (Å²) in [5.41, 5.74) is 13.7. The molecule has 0 saturated heterocycles. The second-order valence-electron chi connectivity index (χ2n) is 15.4. The number of aromatic nitrogens is 2. The van der Waals surface area contributed by atoms with Crippen LogP contribution in [0.15, 0.2) is 188 Å². The van der Waals surface area contributed by atoms with Crippen molar-refractivity contribution >= 4 is 49.6 Å². The Labute approximate surface area is 325 Å². The summed E-state index contributed by atoms with van der Waals surface area (Å²) >= 11 is 0. The van der Waals surface area contributed by atoms with E-state index in [9.17, 15) is 0 Å². The second kappa shape index (κ2) is 11.7. The first kappa shape index (κ1) is 31.3. The number of fused-ring (bicyclic) bond motifs is 11. The van der Waals surface area contributed by atoms with E-state index in [1.807, 2.05) is 0 Å². The predicted molar refractivity (Wildman–Crippen MR) is 232 cm³/mol. The minimum Gasteiger partial charge on any atom is -0.480 e. The number of ether oxygens (including phenoxy) is 1. The van der Waals surface area contributed by atoms with Crippen molar-refractivity contribution in [2.75, 3.05) is 0 Å². The number of para-hydroxylation sites is 2. The third-order valence-electron chi connectivity index (χ3n) is 12.3. The number of hydrogen-bond acceptors (Lipinski definition) is 1. The van der Waals surface area contributed by atoms with E-state index in [1.54, 1.807) is 0 Å². The first-order valence-corrected chi connectivity index (χ1v) is 19.5. The lowest BCUT2D eigenvalue weighted by Gasteiger charge is -2.34. The smallest absolute Gasteiger partial charge is 0.157 e. The molecule has 264 valence electrons. The fourth-order valence-electron chi connectivity index (χ4n) is 9.79. The highest BCUT2D eigenvalue weighted by Gasteiger charge is 2.50. The molecule has 3 nitrogen and oxygen atoms in total. The van der Waals surface area contributed by atoms with Gasteiger partial charge in [-0.1, -0.05) is 140 Å². The summed E-state index contributed by atoms with van der Waals surface area (Å²) in [5, 5.41) is 6.20. The number of benzene rings is 8. The van der Waals surface area contributed by atoms with E-state index < -0.39 is 5.60 Å². The van der Waals surface area contributed by atoms with Crippen molar-refractivity contribution in [3.8, 4) is 39.4 Å². The van der Waals surface area contributed by atoms with E-state index >= 15 is 0 Å². The molecule has 2 atom stereocenters. The Morgan fingerprint density at radius 1 is 0.482 bits per heavy atom. The van der Waals surface area contributed by atoms with Gasteiger partial charge in [-0.25, -0.2) is 0 Å². The molecule has 0 saturated carbocycles. The van der Waals surface area contributed by atoms with Gasteiger partial charge in [-0.05, 0) is 89.2 Å². The maximum Gasteiger partial charge on any atom is 0.157 e. The van der Waals surface area contributed by atoms with Crippen molar-refractivity contribution in [2.45, 2.75) is 18.4 Å². The normalized spacial score (nSPS) is 17.0. The largest absolute Gasteiger partial charge is 0.480 e. The summed E-state index contributed by atoms with van der Waals surface area (Å²) in [5.74, 6) is 1.07. The van der Waals surface area contributed by atoms with Crippen LogP contribution in [0.4, 0.5) is 0 Å². The van der Waals surface area contributed by atoms with E-state index in [-0.39, 0.29) is 5.92 Å². The molecule has 0 radical (unpaired) electrons. The zero-order valence-corrected chi connectivity index (χ0v) is 30.9. The highest BCUT2D eigenvalue weighted by atomic mass is 16.5. The van der Waals surface area contributed by atoms with Gasteiger partial charge in [0, 0.05) is 38.4 Å². The molecule has 56 heavy (non-hydrogen) atoms. The van der Waals surface area contributed by atoms with E-state index in [4.69, 9.17) is 4.74 Å². The summed E-state index contributed by atoms with van der Waals surface area (Å²) in [6.45, 7) is 2.27. The highest BCUT2D eigenvalue weighted by molar-refractivity contribution is 6.12. The zero-order chi connectivity index (χ0) is 37.0. The molecule has 0 fully saturated rings. The summed E-state index contributed by atoms with van der Waals surface area (Å²) in [7, 11) is 0. The molecule has 0 bridgehead atoms. The number of nitrogens with zero attached hydrogens (tertiary/aromatic N) is 2. The minimum atomic E-state index is -0.585. The fraction of sp³-hybridized carbons (Fsp3) is 0.0566. The van der Waals surface area contributed by atoms with Crippen molar-refractivity contribution in [3.63, 3.8) is 0 Å². The van der Waals surface area contributed by atoms with Crippen LogP contribution in [0.5, 0.6) is 5.75 Å². The molecule has 1 aliphatic carbocycles. The monoisotopic (exact) mass is 716 g/mol. The average Bonchev–Trinajstić information content (AvgIpc) is 3.88. The minimum absolute atomic E-state index is 0.104. The van der Waals surface area contributed by atoms with Gasteiger partial charge in [-0.15, -0.1) is 0 Å². The summed E-state index contributed by atoms with van der Waals surface area (Å²) in [6.07, 6.45) is 4.71. The Morgan fingerprint density at radius 3 is 2.00 bits per heavy atom. The lowest BCUT2D eigenvalue weighted by atomic mass is 9.77. The maximum atomic E-state index is 7.03. The van der Waals surface area contributed by atoms with Gasteiger partial charge in [0.05, 0.1) is 33.8 Å². The second-order valence-corrected chi connectivity index (χ2v) is 15.4. The molecule has 2 aromatic heterocycles. The van der Waals surface area contributed by atoms with E-state index in [0.29, 0.717) is 0 Å². The lowest BCUT2D eigenvalue weighted by Crippen LogP contribution is -2.35. The molecule has 2 aliphatic rings. The molecule has 8 aromatic carbocycles. The molecular weight excluding hydrogens is 681 g/mol. The number of rotatable bonds is 4. The SMILES string of the molecule is CC12Oc3ccccc3C1C=Cc1c2n(-c2cccc(-c3ccccc3)c2)c2ccc(-c3ccc4c(c3)c3ccccc3n4-c3cccc4ccccc34)cc12. The summed E-state index contributed by atoms with van der Waals surface area (Å²) in [6, 6.07) is 66.2. The molecule has 12 rings (SSSR count). The fourth-order valence-corrected chi connectivity index (χ4v) is 9.79. The quantitative estimate of drug-likeness (QED) is 0.177. The van der Waals surface area contributed by atoms with Crippen molar-refractivity contribution in [1.82, 2.24) is 9.13 Å². The standard InChI is InChI=1S/C53H36N2O/c1-53-46(43-21-8-10-24-51(43)56-53)28-27-42-45-33-38(25-29-49(45)54(52(42)53)39-18-11-17-36(31-39)34-13-3-2-4-14-34)37-26-30-50-44(32-37)41-20-7-9-22-48(41)55(50)47-23-12-16-35-15-5-6-19-40(35)47/h2-33,46H,1H3. The van der Waals surface area contributed by atoms with Gasteiger partial charge in [0.25, 0.3) is 0 Å². The van der Waals surface area contributed by atoms with Crippen LogP contribution in [-0.2, 0) is 5.60 Å². The van der Waals surface area contributed by atoms with Gasteiger partial charge < -0.3 is 13.9 Å². The van der Waals surface area contributed by atoms with Crippen molar-refractivity contribution < 1.29 is 4.74 Å². The third kappa shape index (κ3) is 4.40. The van der Waals surface area contributed by atoms with Gasteiger partial charge in [-0.3, -0.25) is 0 Å². The van der Waals surface area contributed by atoms with Crippen LogP contribution < -0.4 is 4.74 Å². The molecule has 0 spiro atoms. The van der Waals surface area contributed by atoms with Crippen LogP contribution in [0.2, 0.25) is 0 Å². The summed E-state index contributed by atoms with van der Waals surface area (Å²) < 4.78 is 11.9. The molecule has 0 amide bonds. The van der Waals surface area contributed by atoms with Crippen LogP contribution in [0.3, 0.4) is 0 Å². The van der Waals surface area contributed by atoms with Crippen molar-refractivity contribution in [1.29, 1.82) is 0 Å². The van der Waals surface area contributed by atoms with Gasteiger partial charge in [0.2, 0.25) is 0 Å². The molecular formula is C53H36N2O. The first-order chi connectivity index (χ1) is 27.6. The van der Waals surface area contributed by atoms with Crippen LogP contribution in [-0.4, -0.2) is 9.13 Å². The Bertz CT molecular complexity index is 3250. The Hall–Kier alpha value is -7.10.